The summed E-state index contributed by atoms with van der Waals surface area (Å²) in [5.41, 5.74) is 2.69. The van der Waals surface area contributed by atoms with Gasteiger partial charge >= 0.3 is 0 Å². The molecular formula is C24H23ClFN7O3. The molecule has 0 bridgehead atoms. The van der Waals surface area contributed by atoms with E-state index in [4.69, 9.17) is 16.3 Å². The lowest BCUT2D eigenvalue weighted by Crippen LogP contribution is -2.31. The van der Waals surface area contributed by atoms with Crippen molar-refractivity contribution in [1.82, 2.24) is 29.8 Å². The maximum absolute atomic E-state index is 14.4. The summed E-state index contributed by atoms with van der Waals surface area (Å²) in [6.07, 6.45) is 1.99. The van der Waals surface area contributed by atoms with Crippen LogP contribution in [0.15, 0.2) is 43.0 Å². The van der Waals surface area contributed by atoms with E-state index in [1.165, 1.54) is 25.6 Å². The summed E-state index contributed by atoms with van der Waals surface area (Å²) in [5.74, 6) is -0.0264. The van der Waals surface area contributed by atoms with Crippen molar-refractivity contribution in [2.45, 2.75) is 38.3 Å². The quantitative estimate of drug-likeness (QED) is 0.360. The number of benzene rings is 1. The predicted octanol–water partition coefficient (Wildman–Crippen LogP) is 3.00. The van der Waals surface area contributed by atoms with Crippen molar-refractivity contribution < 1.29 is 19.0 Å². The SMILES string of the molecule is CNC(=O)[C@@H]1C[C@@H](O)[C@H](n2cnc3c(NCc4cc(C)ccc4F)nc(-c4cncc(Cl)c4)nc32)O1. The Hall–Kier alpha value is -3.67. The molecule has 0 spiro atoms. The number of rotatable bonds is 6. The first-order valence-corrected chi connectivity index (χ1v) is 11.6. The second-order valence-corrected chi connectivity index (χ2v) is 8.93. The van der Waals surface area contributed by atoms with Crippen molar-refractivity contribution in [1.29, 1.82) is 0 Å². The first kappa shape index (κ1) is 24.0. The molecule has 1 aliphatic heterocycles. The number of halogens is 2. The van der Waals surface area contributed by atoms with Gasteiger partial charge in [0.05, 0.1) is 11.3 Å². The van der Waals surface area contributed by atoms with Crippen molar-refractivity contribution in [2.24, 2.45) is 0 Å². The average molecular weight is 512 g/mol. The molecular weight excluding hydrogens is 489 g/mol. The van der Waals surface area contributed by atoms with Gasteiger partial charge in [0, 0.05) is 43.5 Å². The van der Waals surface area contributed by atoms with E-state index >= 15 is 0 Å². The molecule has 12 heteroatoms. The summed E-state index contributed by atoms with van der Waals surface area (Å²) in [6, 6.07) is 6.54. The fourth-order valence-corrected chi connectivity index (χ4v) is 4.31. The lowest BCUT2D eigenvalue weighted by atomic mass is 10.1. The number of anilines is 1. The summed E-state index contributed by atoms with van der Waals surface area (Å²) in [7, 11) is 1.51. The maximum Gasteiger partial charge on any atom is 0.249 e. The Morgan fingerprint density at radius 2 is 2.14 bits per heavy atom. The lowest BCUT2D eigenvalue weighted by Gasteiger charge is -2.17. The molecule has 1 aliphatic rings. The topological polar surface area (TPSA) is 127 Å². The average Bonchev–Trinajstić information content (AvgIpc) is 3.47. The molecule has 10 nitrogen and oxygen atoms in total. The minimum Gasteiger partial charge on any atom is -0.388 e. The molecule has 1 fully saturated rings. The monoisotopic (exact) mass is 511 g/mol. The van der Waals surface area contributed by atoms with Gasteiger partial charge in [-0.3, -0.25) is 14.3 Å². The summed E-state index contributed by atoms with van der Waals surface area (Å²) < 4.78 is 21.8. The van der Waals surface area contributed by atoms with Crippen molar-refractivity contribution in [2.75, 3.05) is 12.4 Å². The zero-order chi connectivity index (χ0) is 25.4. The van der Waals surface area contributed by atoms with Crippen LogP contribution >= 0.6 is 11.6 Å². The normalized spacial score (nSPS) is 19.5. The Morgan fingerprint density at radius 3 is 2.92 bits per heavy atom. The predicted molar refractivity (Wildman–Crippen MR) is 131 cm³/mol. The first-order chi connectivity index (χ1) is 17.3. The smallest absolute Gasteiger partial charge is 0.249 e. The Bertz CT molecular complexity index is 1450. The molecule has 3 N–H and O–H groups in total. The molecule has 4 heterocycles. The molecule has 0 unspecified atom stereocenters. The van der Waals surface area contributed by atoms with Crippen LogP contribution in [0.1, 0.15) is 23.8 Å². The molecule has 3 aromatic heterocycles. The summed E-state index contributed by atoms with van der Waals surface area (Å²) in [6.45, 7) is 2.04. The first-order valence-electron chi connectivity index (χ1n) is 11.2. The van der Waals surface area contributed by atoms with Gasteiger partial charge in [-0.1, -0.05) is 29.3 Å². The van der Waals surface area contributed by atoms with E-state index in [-0.39, 0.29) is 24.7 Å². The number of fused-ring (bicyclic) bond motifs is 1. The van der Waals surface area contributed by atoms with E-state index in [0.717, 1.165) is 5.56 Å². The molecule has 0 saturated carbocycles. The lowest BCUT2D eigenvalue weighted by molar-refractivity contribution is -0.134. The van der Waals surface area contributed by atoms with Gasteiger partial charge in [-0.2, -0.15) is 0 Å². The number of hydrogen-bond acceptors (Lipinski definition) is 8. The van der Waals surface area contributed by atoms with E-state index in [1.807, 2.05) is 6.92 Å². The van der Waals surface area contributed by atoms with E-state index in [2.05, 4.69) is 30.6 Å². The van der Waals surface area contributed by atoms with Crippen molar-refractivity contribution in [3.8, 4) is 11.4 Å². The Balaban J connectivity index is 1.57. The largest absolute Gasteiger partial charge is 0.388 e. The second-order valence-electron chi connectivity index (χ2n) is 8.49. The van der Waals surface area contributed by atoms with Gasteiger partial charge in [-0.05, 0) is 19.1 Å². The van der Waals surface area contributed by atoms with Crippen molar-refractivity contribution in [3.63, 3.8) is 0 Å². The van der Waals surface area contributed by atoms with Gasteiger partial charge in [0.1, 0.15) is 18.0 Å². The number of carbonyl (C=O) groups excluding carboxylic acids is 1. The van der Waals surface area contributed by atoms with Crippen LogP contribution < -0.4 is 10.6 Å². The number of nitrogens with zero attached hydrogens (tertiary/aromatic N) is 5. The number of hydrogen-bond donors (Lipinski definition) is 3. The van der Waals surface area contributed by atoms with Crippen LogP contribution in [0, 0.1) is 12.7 Å². The molecule has 1 saturated heterocycles. The van der Waals surface area contributed by atoms with Crippen LogP contribution in [0.2, 0.25) is 5.02 Å². The Morgan fingerprint density at radius 1 is 1.31 bits per heavy atom. The van der Waals surface area contributed by atoms with Gasteiger partial charge in [0.25, 0.3) is 0 Å². The Labute approximate surface area is 210 Å². The number of aliphatic hydroxyl groups is 1. The molecule has 0 aliphatic carbocycles. The molecule has 1 aromatic carbocycles. The molecule has 4 aromatic rings. The highest BCUT2D eigenvalue weighted by atomic mass is 35.5. The van der Waals surface area contributed by atoms with Crippen LogP contribution in [0.5, 0.6) is 0 Å². The van der Waals surface area contributed by atoms with Crippen LogP contribution in [0.25, 0.3) is 22.6 Å². The van der Waals surface area contributed by atoms with Gasteiger partial charge in [0.2, 0.25) is 5.91 Å². The zero-order valence-corrected chi connectivity index (χ0v) is 20.2. The number of nitrogens with one attached hydrogen (secondary N) is 2. The number of likely N-dealkylation sites (N-methyl/N-ethyl adjacent to an activating group) is 1. The number of amides is 1. The number of ether oxygens (including phenoxy) is 1. The van der Waals surface area contributed by atoms with Gasteiger partial charge < -0.3 is 20.5 Å². The second kappa shape index (κ2) is 9.76. The van der Waals surface area contributed by atoms with Gasteiger partial charge in [-0.25, -0.2) is 19.3 Å². The highest BCUT2D eigenvalue weighted by Crippen LogP contribution is 2.33. The summed E-state index contributed by atoms with van der Waals surface area (Å²) >= 11 is 6.13. The zero-order valence-electron chi connectivity index (χ0n) is 19.4. The fraction of sp³-hybridized carbons (Fsp3) is 0.292. The number of aliphatic hydroxyl groups excluding tert-OH is 1. The van der Waals surface area contributed by atoms with E-state index in [9.17, 15) is 14.3 Å². The number of imidazole rings is 1. The Kier molecular flexibility index (Phi) is 6.52. The number of aromatic nitrogens is 5. The molecule has 5 rings (SSSR count). The molecule has 186 valence electrons. The van der Waals surface area contributed by atoms with Crippen LogP contribution in [-0.2, 0) is 16.1 Å². The van der Waals surface area contributed by atoms with Crippen LogP contribution in [-0.4, -0.2) is 54.8 Å². The summed E-state index contributed by atoms with van der Waals surface area (Å²) in [5, 5.41) is 16.8. The van der Waals surface area contributed by atoms with Gasteiger partial charge in [0.15, 0.2) is 29.0 Å². The maximum atomic E-state index is 14.4. The van der Waals surface area contributed by atoms with Crippen LogP contribution in [0.3, 0.4) is 0 Å². The van der Waals surface area contributed by atoms with E-state index in [0.29, 0.717) is 39.0 Å². The number of aryl methyl sites for hydroxylation is 1. The highest BCUT2D eigenvalue weighted by molar-refractivity contribution is 6.30. The molecule has 1 amide bonds. The summed E-state index contributed by atoms with van der Waals surface area (Å²) in [4.78, 5) is 29.9. The fourth-order valence-electron chi connectivity index (χ4n) is 4.14. The third kappa shape index (κ3) is 4.60. The minimum absolute atomic E-state index is 0.123. The van der Waals surface area contributed by atoms with E-state index < -0.39 is 18.4 Å². The molecule has 0 radical (unpaired) electrons. The third-order valence-electron chi connectivity index (χ3n) is 5.93. The third-order valence-corrected chi connectivity index (χ3v) is 6.14. The minimum atomic E-state index is -0.964. The van der Waals surface area contributed by atoms with Crippen molar-refractivity contribution >= 4 is 34.5 Å². The van der Waals surface area contributed by atoms with E-state index in [1.54, 1.807) is 29.0 Å². The molecule has 3 atom stereocenters. The number of pyridine rings is 1. The number of carbonyl (C=O) groups is 1. The van der Waals surface area contributed by atoms with Crippen molar-refractivity contribution in [3.05, 3.63) is 65.0 Å². The standard InChI is InChI=1S/C24H23ClFN7O3/c1-12-3-4-16(26)13(5-12)9-29-21-19-22(32-20(31-21)14-6-15(25)10-28-8-14)33(11-30-19)24-17(34)7-18(36-24)23(35)27-2/h3-6,8,10-11,17-18,24,34H,7,9H2,1-2H3,(H,27,35)(H,29,31,32)/t17-,18+,24-/m1/s1. The highest BCUT2D eigenvalue weighted by Gasteiger charge is 2.39. The molecule has 36 heavy (non-hydrogen) atoms. The van der Waals surface area contributed by atoms with Crippen LogP contribution in [0.4, 0.5) is 10.2 Å². The van der Waals surface area contributed by atoms with Gasteiger partial charge in [-0.15, -0.1) is 0 Å².